The first kappa shape index (κ1) is 12.1. The normalized spacial score (nSPS) is 11.1. The zero-order valence-electron chi connectivity index (χ0n) is 9.47. The summed E-state index contributed by atoms with van der Waals surface area (Å²) in [6, 6.07) is 8.13. The lowest BCUT2D eigenvalue weighted by molar-refractivity contribution is 0.564. The van der Waals surface area contributed by atoms with E-state index in [0.717, 1.165) is 29.5 Å². The molecule has 0 saturated heterocycles. The van der Waals surface area contributed by atoms with E-state index in [0.29, 0.717) is 0 Å². The van der Waals surface area contributed by atoms with E-state index >= 15 is 0 Å². The molecule has 0 spiro atoms. The number of hydrogen-bond acceptors (Lipinski definition) is 1. The van der Waals surface area contributed by atoms with Crippen LogP contribution in [0.2, 0.25) is 0 Å². The van der Waals surface area contributed by atoms with Gasteiger partial charge in [0, 0.05) is 0 Å². The van der Waals surface area contributed by atoms with E-state index in [1.165, 1.54) is 0 Å². The van der Waals surface area contributed by atoms with E-state index in [9.17, 15) is 0 Å². The molecule has 1 nitrogen and oxygen atoms in total. The maximum Gasteiger partial charge on any atom is 0.0998 e. The van der Waals surface area contributed by atoms with Crippen LogP contribution in [-0.4, -0.2) is 0 Å². The van der Waals surface area contributed by atoms with Gasteiger partial charge in [0.25, 0.3) is 0 Å². The number of alkyl halides is 1. The van der Waals surface area contributed by atoms with Crippen LogP contribution in [-0.2, 0) is 4.87 Å². The molecule has 0 N–H and O–H groups in total. The molecule has 0 amide bonds. The van der Waals surface area contributed by atoms with Gasteiger partial charge in [0.05, 0.1) is 16.5 Å². The molecule has 80 valence electrons. The fourth-order valence-electron chi connectivity index (χ4n) is 1.82. The lowest BCUT2D eigenvalue weighted by atomic mass is 9.88. The smallest absolute Gasteiger partial charge is 0.0998 e. The molecule has 0 bridgehead atoms. The molecule has 0 fully saturated rings. The van der Waals surface area contributed by atoms with Crippen molar-refractivity contribution in [2.75, 3.05) is 0 Å². The van der Waals surface area contributed by atoms with Crippen molar-refractivity contribution < 1.29 is 0 Å². The highest BCUT2D eigenvalue weighted by molar-refractivity contribution is 6.24. The van der Waals surface area contributed by atoms with Crippen molar-refractivity contribution in [2.45, 2.75) is 38.5 Å². The van der Waals surface area contributed by atoms with Crippen LogP contribution in [0.25, 0.3) is 0 Å². The number of rotatable bonds is 3. The van der Waals surface area contributed by atoms with E-state index in [2.05, 4.69) is 19.9 Å². The Morgan fingerprint density at radius 1 is 1.33 bits per heavy atom. The second kappa shape index (κ2) is 4.68. The van der Waals surface area contributed by atoms with Crippen molar-refractivity contribution in [2.24, 2.45) is 0 Å². The SMILES string of the molecule is CCC(Cl)(CC)c1cccc(C)c1C#N. The van der Waals surface area contributed by atoms with E-state index in [1.807, 2.05) is 25.1 Å². The molecule has 0 aliphatic rings. The highest BCUT2D eigenvalue weighted by Crippen LogP contribution is 2.38. The van der Waals surface area contributed by atoms with Crippen LogP contribution in [0.4, 0.5) is 0 Å². The molecule has 0 aliphatic heterocycles. The number of halogens is 1. The molecule has 0 radical (unpaired) electrons. The maximum atomic E-state index is 9.14. The van der Waals surface area contributed by atoms with Crippen LogP contribution in [0.15, 0.2) is 18.2 Å². The van der Waals surface area contributed by atoms with Gasteiger partial charge in [0.15, 0.2) is 0 Å². The maximum absolute atomic E-state index is 9.14. The van der Waals surface area contributed by atoms with Crippen LogP contribution >= 0.6 is 11.6 Å². The molecular formula is C13H16ClN. The lowest BCUT2D eigenvalue weighted by Crippen LogP contribution is -2.18. The van der Waals surface area contributed by atoms with E-state index in [-0.39, 0.29) is 0 Å². The third-order valence-corrected chi connectivity index (χ3v) is 3.73. The molecule has 0 unspecified atom stereocenters. The topological polar surface area (TPSA) is 23.8 Å². The summed E-state index contributed by atoms with van der Waals surface area (Å²) in [7, 11) is 0. The van der Waals surface area contributed by atoms with Gasteiger partial charge in [0.2, 0.25) is 0 Å². The Kier molecular flexibility index (Phi) is 3.77. The Morgan fingerprint density at radius 2 is 1.93 bits per heavy atom. The van der Waals surface area contributed by atoms with Crippen LogP contribution in [0.1, 0.15) is 43.4 Å². The van der Waals surface area contributed by atoms with E-state index in [1.54, 1.807) is 0 Å². The summed E-state index contributed by atoms with van der Waals surface area (Å²) in [5, 5.41) is 9.14. The highest BCUT2D eigenvalue weighted by atomic mass is 35.5. The van der Waals surface area contributed by atoms with Crippen LogP contribution in [0.5, 0.6) is 0 Å². The third-order valence-electron chi connectivity index (χ3n) is 2.99. The van der Waals surface area contributed by atoms with Gasteiger partial charge in [0.1, 0.15) is 0 Å². The highest BCUT2D eigenvalue weighted by Gasteiger charge is 2.28. The van der Waals surface area contributed by atoms with Crippen molar-refractivity contribution in [3.8, 4) is 6.07 Å². The van der Waals surface area contributed by atoms with Gasteiger partial charge in [-0.15, -0.1) is 11.6 Å². The van der Waals surface area contributed by atoms with Crippen molar-refractivity contribution in [3.05, 3.63) is 34.9 Å². The molecule has 15 heavy (non-hydrogen) atoms. The summed E-state index contributed by atoms with van der Waals surface area (Å²) in [4.78, 5) is -0.392. The summed E-state index contributed by atoms with van der Waals surface area (Å²) in [6.45, 7) is 6.06. The monoisotopic (exact) mass is 221 g/mol. The molecule has 0 saturated carbocycles. The molecular weight excluding hydrogens is 206 g/mol. The zero-order chi connectivity index (χ0) is 11.5. The lowest BCUT2D eigenvalue weighted by Gasteiger charge is -2.26. The first-order valence-corrected chi connectivity index (χ1v) is 5.66. The number of nitriles is 1. The van der Waals surface area contributed by atoms with Crippen molar-refractivity contribution in [3.63, 3.8) is 0 Å². The first-order chi connectivity index (χ1) is 7.09. The second-order valence-corrected chi connectivity index (χ2v) is 4.51. The minimum absolute atomic E-state index is 0.392. The number of benzene rings is 1. The van der Waals surface area contributed by atoms with E-state index < -0.39 is 4.87 Å². The van der Waals surface area contributed by atoms with Crippen molar-refractivity contribution in [1.29, 1.82) is 5.26 Å². The molecule has 1 aromatic rings. The Hall–Kier alpha value is -1.00. The molecule has 0 atom stereocenters. The largest absolute Gasteiger partial charge is 0.192 e. The van der Waals surface area contributed by atoms with Gasteiger partial charge < -0.3 is 0 Å². The fraction of sp³-hybridized carbons (Fsp3) is 0.462. The summed E-state index contributed by atoms with van der Waals surface area (Å²) in [6.07, 6.45) is 1.67. The van der Waals surface area contributed by atoms with Gasteiger partial charge in [-0.05, 0) is 30.9 Å². The van der Waals surface area contributed by atoms with Crippen LogP contribution in [0.3, 0.4) is 0 Å². The number of nitrogens with zero attached hydrogens (tertiary/aromatic N) is 1. The Labute approximate surface area is 96.7 Å². The average molecular weight is 222 g/mol. The van der Waals surface area contributed by atoms with Gasteiger partial charge in [-0.1, -0.05) is 32.0 Å². The zero-order valence-corrected chi connectivity index (χ0v) is 10.2. The van der Waals surface area contributed by atoms with E-state index in [4.69, 9.17) is 16.9 Å². The van der Waals surface area contributed by atoms with Gasteiger partial charge in [-0.3, -0.25) is 0 Å². The molecule has 0 aliphatic carbocycles. The van der Waals surface area contributed by atoms with Crippen molar-refractivity contribution >= 4 is 11.6 Å². The van der Waals surface area contributed by atoms with Crippen molar-refractivity contribution in [1.82, 2.24) is 0 Å². The van der Waals surface area contributed by atoms with Crippen LogP contribution < -0.4 is 0 Å². The van der Waals surface area contributed by atoms with Gasteiger partial charge >= 0.3 is 0 Å². The standard InChI is InChI=1S/C13H16ClN/c1-4-13(14,5-2)12-8-6-7-10(3)11(12)9-15/h6-8H,4-5H2,1-3H3. The minimum atomic E-state index is -0.392. The fourth-order valence-corrected chi connectivity index (χ4v) is 1.98. The predicted molar refractivity (Wildman–Crippen MR) is 64.0 cm³/mol. The van der Waals surface area contributed by atoms with Crippen LogP contribution in [0, 0.1) is 18.3 Å². The third kappa shape index (κ3) is 2.16. The number of hydrogen-bond donors (Lipinski definition) is 0. The van der Waals surface area contributed by atoms with Gasteiger partial charge in [-0.25, -0.2) is 0 Å². The van der Waals surface area contributed by atoms with Gasteiger partial charge in [-0.2, -0.15) is 5.26 Å². The molecule has 0 aromatic heterocycles. The Morgan fingerprint density at radius 3 is 2.40 bits per heavy atom. The summed E-state index contributed by atoms with van der Waals surface area (Å²) >= 11 is 6.54. The molecule has 2 heteroatoms. The predicted octanol–water partition coefficient (Wildman–Crippen LogP) is 4.12. The number of aryl methyl sites for hydroxylation is 1. The quantitative estimate of drug-likeness (QED) is 0.705. The summed E-state index contributed by atoms with van der Waals surface area (Å²) in [5.41, 5.74) is 2.70. The summed E-state index contributed by atoms with van der Waals surface area (Å²) in [5.74, 6) is 0. The summed E-state index contributed by atoms with van der Waals surface area (Å²) < 4.78 is 0. The first-order valence-electron chi connectivity index (χ1n) is 5.28. The minimum Gasteiger partial charge on any atom is -0.192 e. The molecule has 1 aromatic carbocycles. The Balaban J connectivity index is 3.37. The Bertz CT molecular complexity index is 386. The molecule has 0 heterocycles. The molecule has 1 rings (SSSR count). The average Bonchev–Trinajstić information content (AvgIpc) is 2.27. The second-order valence-electron chi connectivity index (χ2n) is 3.78.